The van der Waals surface area contributed by atoms with Gasteiger partial charge in [0.2, 0.25) is 0 Å². The van der Waals surface area contributed by atoms with Crippen LogP contribution in [0.5, 0.6) is 0 Å². The molecule has 1 fully saturated rings. The van der Waals surface area contributed by atoms with Crippen LogP contribution >= 0.6 is 11.6 Å². The van der Waals surface area contributed by atoms with E-state index in [9.17, 15) is 0 Å². The second-order valence-electron chi connectivity index (χ2n) is 6.20. The van der Waals surface area contributed by atoms with Gasteiger partial charge in [0.15, 0.2) is 0 Å². The summed E-state index contributed by atoms with van der Waals surface area (Å²) >= 11 is 6.55. The number of fused-ring (bicyclic) bond motifs is 1. The summed E-state index contributed by atoms with van der Waals surface area (Å²) in [7, 11) is 0. The first-order valence-electron chi connectivity index (χ1n) is 6.68. The van der Waals surface area contributed by atoms with Gasteiger partial charge in [0.25, 0.3) is 0 Å². The van der Waals surface area contributed by atoms with Gasteiger partial charge in [-0.05, 0) is 40.5 Å². The van der Waals surface area contributed by atoms with Gasteiger partial charge in [0, 0.05) is 5.38 Å². The van der Waals surface area contributed by atoms with E-state index in [4.69, 9.17) is 11.6 Å². The fourth-order valence-corrected chi connectivity index (χ4v) is 3.47. The summed E-state index contributed by atoms with van der Waals surface area (Å²) in [5.74, 6) is 0.686. The summed E-state index contributed by atoms with van der Waals surface area (Å²) in [5.41, 5.74) is 1.82. The maximum absolute atomic E-state index is 6.55. The third-order valence-corrected chi connectivity index (χ3v) is 4.73. The van der Waals surface area contributed by atoms with Crippen LogP contribution in [0.1, 0.15) is 25.8 Å². The summed E-state index contributed by atoms with van der Waals surface area (Å²) in [6, 6.07) is 15.2. The lowest BCUT2D eigenvalue weighted by Crippen LogP contribution is -2.09. The van der Waals surface area contributed by atoms with Crippen LogP contribution in [0.25, 0.3) is 10.8 Å². The summed E-state index contributed by atoms with van der Waals surface area (Å²) in [4.78, 5) is 0. The number of alkyl halides is 1. The number of hydrogen-bond acceptors (Lipinski definition) is 0. The molecule has 2 aromatic carbocycles. The molecule has 0 saturated heterocycles. The van der Waals surface area contributed by atoms with E-state index in [1.807, 2.05) is 0 Å². The first-order chi connectivity index (χ1) is 8.56. The van der Waals surface area contributed by atoms with Crippen LogP contribution < -0.4 is 0 Å². The quantitative estimate of drug-likeness (QED) is 0.677. The van der Waals surface area contributed by atoms with Gasteiger partial charge in [-0.2, -0.15) is 0 Å². The van der Waals surface area contributed by atoms with Crippen molar-refractivity contribution >= 4 is 22.4 Å². The standard InChI is InChI=1S/C17H19Cl/c1-17(2)11-15(17)16(18)10-12-7-8-13-5-3-4-6-14(13)9-12/h3-9,15-16H,10-11H2,1-2H3. The summed E-state index contributed by atoms with van der Waals surface area (Å²) in [6.07, 6.45) is 2.26. The largest absolute Gasteiger partial charge is 0.122 e. The van der Waals surface area contributed by atoms with Crippen molar-refractivity contribution in [1.82, 2.24) is 0 Å². The molecule has 0 radical (unpaired) electrons. The molecule has 1 aliphatic rings. The Morgan fingerprint density at radius 3 is 2.50 bits per heavy atom. The molecule has 3 rings (SSSR count). The maximum Gasteiger partial charge on any atom is 0.0409 e. The van der Waals surface area contributed by atoms with Crippen molar-refractivity contribution in [3.63, 3.8) is 0 Å². The van der Waals surface area contributed by atoms with Crippen molar-refractivity contribution in [3.8, 4) is 0 Å². The molecule has 0 heterocycles. The Morgan fingerprint density at radius 2 is 1.83 bits per heavy atom. The van der Waals surface area contributed by atoms with Crippen molar-refractivity contribution in [2.75, 3.05) is 0 Å². The molecule has 1 saturated carbocycles. The zero-order valence-electron chi connectivity index (χ0n) is 11.0. The number of halogens is 1. The van der Waals surface area contributed by atoms with Gasteiger partial charge in [-0.25, -0.2) is 0 Å². The monoisotopic (exact) mass is 258 g/mol. The van der Waals surface area contributed by atoms with Crippen LogP contribution in [0.3, 0.4) is 0 Å². The summed E-state index contributed by atoms with van der Waals surface area (Å²) < 4.78 is 0. The molecule has 1 aliphatic carbocycles. The van der Waals surface area contributed by atoms with E-state index in [2.05, 4.69) is 56.3 Å². The Labute approximate surface area is 114 Å². The van der Waals surface area contributed by atoms with Crippen molar-refractivity contribution < 1.29 is 0 Å². The average molecular weight is 259 g/mol. The molecule has 2 unspecified atom stereocenters. The highest BCUT2D eigenvalue weighted by molar-refractivity contribution is 6.21. The van der Waals surface area contributed by atoms with Crippen LogP contribution in [0.4, 0.5) is 0 Å². The molecule has 0 aliphatic heterocycles. The highest BCUT2D eigenvalue weighted by Crippen LogP contribution is 2.55. The molecule has 0 spiro atoms. The van der Waals surface area contributed by atoms with E-state index in [1.165, 1.54) is 22.8 Å². The molecular formula is C17H19Cl. The Kier molecular flexibility index (Phi) is 2.86. The Bertz CT molecular complexity index is 571. The molecule has 0 amide bonds. The van der Waals surface area contributed by atoms with Gasteiger partial charge >= 0.3 is 0 Å². The Morgan fingerprint density at radius 1 is 1.17 bits per heavy atom. The van der Waals surface area contributed by atoms with Crippen molar-refractivity contribution in [2.45, 2.75) is 32.1 Å². The lowest BCUT2D eigenvalue weighted by Gasteiger charge is -2.12. The fourth-order valence-electron chi connectivity index (χ4n) is 2.86. The van der Waals surface area contributed by atoms with Crippen LogP contribution in [0.2, 0.25) is 0 Å². The Hall–Kier alpha value is -1.01. The lowest BCUT2D eigenvalue weighted by atomic mass is 10.00. The normalized spacial score (nSPS) is 22.9. The molecule has 94 valence electrons. The molecule has 2 aromatic rings. The van der Waals surface area contributed by atoms with Gasteiger partial charge < -0.3 is 0 Å². The maximum atomic E-state index is 6.55. The van der Waals surface area contributed by atoms with Gasteiger partial charge in [0.05, 0.1) is 0 Å². The first-order valence-corrected chi connectivity index (χ1v) is 7.12. The summed E-state index contributed by atoms with van der Waals surface area (Å²) in [6.45, 7) is 4.63. The van der Waals surface area contributed by atoms with Gasteiger partial charge in [-0.1, -0.05) is 56.3 Å². The molecule has 2 atom stereocenters. The molecule has 1 heteroatoms. The van der Waals surface area contributed by atoms with Crippen LogP contribution in [0, 0.1) is 11.3 Å². The van der Waals surface area contributed by atoms with Crippen molar-refractivity contribution in [1.29, 1.82) is 0 Å². The number of rotatable bonds is 3. The van der Waals surface area contributed by atoms with Crippen LogP contribution in [-0.4, -0.2) is 5.38 Å². The minimum Gasteiger partial charge on any atom is -0.122 e. The highest BCUT2D eigenvalue weighted by Gasteiger charge is 2.49. The SMILES string of the molecule is CC1(C)CC1C(Cl)Cc1ccc2ccccc2c1. The minimum atomic E-state index is 0.279. The predicted octanol–water partition coefficient (Wildman–Crippen LogP) is 5.04. The average Bonchev–Trinajstić information content (AvgIpc) is 2.98. The zero-order valence-corrected chi connectivity index (χ0v) is 11.7. The first kappa shape index (κ1) is 12.0. The molecular weight excluding hydrogens is 240 g/mol. The summed E-state index contributed by atoms with van der Waals surface area (Å²) in [5, 5.41) is 2.90. The third kappa shape index (κ3) is 2.27. The minimum absolute atomic E-state index is 0.279. The number of hydrogen-bond donors (Lipinski definition) is 0. The Balaban J connectivity index is 1.79. The zero-order chi connectivity index (χ0) is 12.8. The van der Waals surface area contributed by atoms with Crippen LogP contribution in [-0.2, 0) is 6.42 Å². The van der Waals surface area contributed by atoms with Crippen LogP contribution in [0.15, 0.2) is 42.5 Å². The third-order valence-electron chi connectivity index (χ3n) is 4.27. The van der Waals surface area contributed by atoms with E-state index in [-0.39, 0.29) is 5.38 Å². The van der Waals surface area contributed by atoms with Gasteiger partial charge in [0.1, 0.15) is 0 Å². The number of benzene rings is 2. The molecule has 0 N–H and O–H groups in total. The van der Waals surface area contributed by atoms with E-state index in [1.54, 1.807) is 0 Å². The van der Waals surface area contributed by atoms with E-state index in [0.717, 1.165) is 6.42 Å². The van der Waals surface area contributed by atoms with Crippen molar-refractivity contribution in [3.05, 3.63) is 48.0 Å². The van der Waals surface area contributed by atoms with Gasteiger partial charge in [-0.15, -0.1) is 11.6 Å². The second kappa shape index (κ2) is 4.28. The highest BCUT2D eigenvalue weighted by atomic mass is 35.5. The fraction of sp³-hybridized carbons (Fsp3) is 0.412. The van der Waals surface area contributed by atoms with E-state index >= 15 is 0 Å². The smallest absolute Gasteiger partial charge is 0.0409 e. The molecule has 0 nitrogen and oxygen atoms in total. The predicted molar refractivity (Wildman–Crippen MR) is 79.2 cm³/mol. The van der Waals surface area contributed by atoms with E-state index in [0.29, 0.717) is 11.3 Å². The van der Waals surface area contributed by atoms with Gasteiger partial charge in [-0.3, -0.25) is 0 Å². The molecule has 0 bridgehead atoms. The lowest BCUT2D eigenvalue weighted by molar-refractivity contribution is 0.538. The molecule has 0 aromatic heterocycles. The van der Waals surface area contributed by atoms with Crippen molar-refractivity contribution in [2.24, 2.45) is 11.3 Å². The topological polar surface area (TPSA) is 0 Å². The molecule has 18 heavy (non-hydrogen) atoms. The second-order valence-corrected chi connectivity index (χ2v) is 6.76. The van der Waals surface area contributed by atoms with E-state index < -0.39 is 0 Å².